The minimum absolute atomic E-state index is 0.0105. The van der Waals surface area contributed by atoms with Crippen LogP contribution in [-0.4, -0.2) is 25.8 Å². The van der Waals surface area contributed by atoms with E-state index in [2.05, 4.69) is 6.07 Å². The van der Waals surface area contributed by atoms with Gasteiger partial charge in [-0.05, 0) is 31.9 Å². The second kappa shape index (κ2) is 8.25. The molecule has 1 atom stereocenters. The van der Waals surface area contributed by atoms with E-state index in [4.69, 9.17) is 24.7 Å². The second-order valence-corrected chi connectivity index (χ2v) is 6.21. The Morgan fingerprint density at radius 1 is 1.33 bits per heavy atom. The third-order valence-corrected chi connectivity index (χ3v) is 4.44. The molecule has 2 aliphatic rings. The van der Waals surface area contributed by atoms with Crippen molar-refractivity contribution in [2.75, 3.05) is 19.8 Å². The molecule has 0 bridgehead atoms. The van der Waals surface area contributed by atoms with Gasteiger partial charge in [0.05, 0.1) is 31.3 Å². The lowest BCUT2D eigenvalue weighted by Gasteiger charge is -2.28. The minimum atomic E-state index is -0.675. The van der Waals surface area contributed by atoms with E-state index in [9.17, 15) is 10.1 Å². The van der Waals surface area contributed by atoms with Crippen LogP contribution in [0.25, 0.3) is 0 Å². The van der Waals surface area contributed by atoms with Crippen LogP contribution in [0.2, 0.25) is 0 Å². The Bertz CT molecular complexity index is 831. The van der Waals surface area contributed by atoms with Crippen LogP contribution in [0.3, 0.4) is 0 Å². The summed E-state index contributed by atoms with van der Waals surface area (Å²) in [6.45, 7) is 4.82. The average molecular weight is 370 g/mol. The van der Waals surface area contributed by atoms with Gasteiger partial charge in [-0.25, -0.2) is 4.79 Å². The summed E-state index contributed by atoms with van der Waals surface area (Å²) in [5.74, 6) is -0.892. The summed E-state index contributed by atoms with van der Waals surface area (Å²) in [7, 11) is 0. The lowest BCUT2D eigenvalue weighted by Crippen LogP contribution is -2.26. The van der Waals surface area contributed by atoms with Crippen LogP contribution >= 0.6 is 0 Å². The van der Waals surface area contributed by atoms with Gasteiger partial charge in [0.15, 0.2) is 6.29 Å². The molecule has 7 heteroatoms. The first-order valence-electron chi connectivity index (χ1n) is 8.85. The molecular weight excluding hydrogens is 348 g/mol. The maximum Gasteiger partial charge on any atom is 0.338 e. The predicted molar refractivity (Wildman–Crippen MR) is 95.7 cm³/mol. The Balaban J connectivity index is 2.05. The zero-order chi connectivity index (χ0) is 19.4. The zero-order valence-electron chi connectivity index (χ0n) is 15.4. The van der Waals surface area contributed by atoms with Gasteiger partial charge in [-0.2, -0.15) is 5.26 Å². The molecule has 1 aromatic carbocycles. The second-order valence-electron chi connectivity index (χ2n) is 6.21. The van der Waals surface area contributed by atoms with Crippen molar-refractivity contribution in [3.63, 3.8) is 0 Å². The predicted octanol–water partition coefficient (Wildman–Crippen LogP) is 2.77. The van der Waals surface area contributed by atoms with Crippen LogP contribution in [0.4, 0.5) is 0 Å². The summed E-state index contributed by atoms with van der Waals surface area (Å²) in [5.41, 5.74) is 7.90. The zero-order valence-corrected chi connectivity index (χ0v) is 15.4. The Hall–Kier alpha value is -2.82. The number of rotatable bonds is 4. The highest BCUT2D eigenvalue weighted by atomic mass is 16.7. The van der Waals surface area contributed by atoms with E-state index in [0.29, 0.717) is 19.0 Å². The summed E-state index contributed by atoms with van der Waals surface area (Å²) >= 11 is 0. The molecule has 3 rings (SSSR count). The number of nitriles is 1. The SMILES string of the molecule is CCOC(=O)C1=C(C)OC(N)=C(C#N)C1c1cccc(C2OCCCO2)c1. The van der Waals surface area contributed by atoms with Gasteiger partial charge in [0.1, 0.15) is 17.4 Å². The Morgan fingerprint density at radius 2 is 2.04 bits per heavy atom. The fraction of sp³-hybridized carbons (Fsp3) is 0.400. The normalized spacial score (nSPS) is 20.9. The molecule has 0 spiro atoms. The highest BCUT2D eigenvalue weighted by molar-refractivity contribution is 5.92. The van der Waals surface area contributed by atoms with Crippen LogP contribution in [-0.2, 0) is 23.7 Å². The highest BCUT2D eigenvalue weighted by Crippen LogP contribution is 2.40. The number of hydrogen-bond donors (Lipinski definition) is 1. The van der Waals surface area contributed by atoms with Gasteiger partial charge < -0.3 is 24.7 Å². The third-order valence-electron chi connectivity index (χ3n) is 4.44. The molecule has 2 N–H and O–H groups in total. The molecule has 0 radical (unpaired) electrons. The van der Waals surface area contributed by atoms with Crippen LogP contribution < -0.4 is 5.73 Å². The summed E-state index contributed by atoms with van der Waals surface area (Å²) in [6, 6.07) is 9.50. The monoisotopic (exact) mass is 370 g/mol. The average Bonchev–Trinajstić information content (AvgIpc) is 2.68. The lowest BCUT2D eigenvalue weighted by atomic mass is 9.82. The molecular formula is C20H22N2O5. The number of allylic oxidation sites excluding steroid dienone is 2. The molecule has 1 unspecified atom stereocenters. The molecule has 7 nitrogen and oxygen atoms in total. The topological polar surface area (TPSA) is 104 Å². The van der Waals surface area contributed by atoms with Gasteiger partial charge in [-0.1, -0.05) is 18.2 Å². The van der Waals surface area contributed by atoms with Gasteiger partial charge in [0.25, 0.3) is 0 Å². The number of esters is 1. The van der Waals surface area contributed by atoms with Gasteiger partial charge in [0.2, 0.25) is 5.88 Å². The van der Waals surface area contributed by atoms with Crippen molar-refractivity contribution in [1.82, 2.24) is 0 Å². The number of carbonyl (C=O) groups is 1. The van der Waals surface area contributed by atoms with Crippen molar-refractivity contribution >= 4 is 5.97 Å². The summed E-state index contributed by atoms with van der Waals surface area (Å²) < 4.78 is 21.9. The summed E-state index contributed by atoms with van der Waals surface area (Å²) in [5, 5.41) is 9.63. The number of nitrogens with zero attached hydrogens (tertiary/aromatic N) is 1. The first-order chi connectivity index (χ1) is 13.1. The van der Waals surface area contributed by atoms with Crippen molar-refractivity contribution in [2.45, 2.75) is 32.5 Å². The summed E-state index contributed by atoms with van der Waals surface area (Å²) in [6.07, 6.45) is 0.379. The van der Waals surface area contributed by atoms with E-state index in [1.165, 1.54) is 0 Å². The maximum absolute atomic E-state index is 12.6. The molecule has 2 heterocycles. The smallest absolute Gasteiger partial charge is 0.338 e. The van der Waals surface area contributed by atoms with Crippen molar-refractivity contribution in [1.29, 1.82) is 5.26 Å². The largest absolute Gasteiger partial charge is 0.463 e. The molecule has 27 heavy (non-hydrogen) atoms. The Morgan fingerprint density at radius 3 is 2.70 bits per heavy atom. The van der Waals surface area contributed by atoms with Crippen molar-refractivity contribution < 1.29 is 23.7 Å². The molecule has 0 aliphatic carbocycles. The van der Waals surface area contributed by atoms with Gasteiger partial charge in [-0.3, -0.25) is 0 Å². The Kier molecular flexibility index (Phi) is 5.79. The fourth-order valence-electron chi connectivity index (χ4n) is 3.25. The Labute approximate surface area is 157 Å². The molecule has 0 amide bonds. The van der Waals surface area contributed by atoms with E-state index in [1.54, 1.807) is 13.8 Å². The standard InChI is InChI=1S/C20H22N2O5/c1-3-24-19(23)16-12(2)27-18(22)15(11-21)17(16)13-6-4-7-14(10-13)20-25-8-5-9-26-20/h4,6-7,10,17,20H,3,5,8-9,22H2,1-2H3. The molecule has 0 saturated carbocycles. The van der Waals surface area contributed by atoms with Crippen LogP contribution in [0.1, 0.15) is 43.6 Å². The summed E-state index contributed by atoms with van der Waals surface area (Å²) in [4.78, 5) is 12.6. The molecule has 1 aromatic rings. The molecule has 0 aromatic heterocycles. The number of hydrogen-bond acceptors (Lipinski definition) is 7. The molecule has 1 saturated heterocycles. The van der Waals surface area contributed by atoms with Gasteiger partial charge in [-0.15, -0.1) is 0 Å². The quantitative estimate of drug-likeness (QED) is 0.813. The molecule has 142 valence electrons. The van der Waals surface area contributed by atoms with Crippen LogP contribution in [0.5, 0.6) is 0 Å². The number of carbonyl (C=O) groups excluding carboxylic acids is 1. The van der Waals surface area contributed by atoms with Crippen molar-refractivity contribution in [3.05, 3.63) is 58.2 Å². The number of benzene rings is 1. The number of nitrogens with two attached hydrogens (primary N) is 1. The van der Waals surface area contributed by atoms with E-state index in [0.717, 1.165) is 17.5 Å². The van der Waals surface area contributed by atoms with E-state index in [1.807, 2.05) is 24.3 Å². The van der Waals surface area contributed by atoms with E-state index >= 15 is 0 Å². The lowest BCUT2D eigenvalue weighted by molar-refractivity contribution is -0.183. The maximum atomic E-state index is 12.6. The van der Waals surface area contributed by atoms with E-state index in [-0.39, 0.29) is 23.6 Å². The van der Waals surface area contributed by atoms with Crippen molar-refractivity contribution in [3.8, 4) is 6.07 Å². The molecule has 2 aliphatic heterocycles. The van der Waals surface area contributed by atoms with Crippen LogP contribution in [0, 0.1) is 11.3 Å². The van der Waals surface area contributed by atoms with Gasteiger partial charge >= 0.3 is 5.97 Å². The minimum Gasteiger partial charge on any atom is -0.463 e. The van der Waals surface area contributed by atoms with Gasteiger partial charge in [0, 0.05) is 5.56 Å². The van der Waals surface area contributed by atoms with Crippen LogP contribution in [0.15, 0.2) is 47.1 Å². The first kappa shape index (κ1) is 19.0. The molecule has 1 fully saturated rings. The third kappa shape index (κ3) is 3.82. The fourth-order valence-corrected chi connectivity index (χ4v) is 3.25. The van der Waals surface area contributed by atoms with Crippen molar-refractivity contribution in [2.24, 2.45) is 5.73 Å². The van der Waals surface area contributed by atoms with E-state index < -0.39 is 18.2 Å². The number of ether oxygens (including phenoxy) is 4. The first-order valence-corrected chi connectivity index (χ1v) is 8.85. The highest BCUT2D eigenvalue weighted by Gasteiger charge is 2.36.